The Bertz CT molecular complexity index is 1500. The summed E-state index contributed by atoms with van der Waals surface area (Å²) in [6.07, 6.45) is 6.79. The minimum atomic E-state index is -4.45. The lowest BCUT2D eigenvalue weighted by molar-refractivity contribution is -0.141. The van der Waals surface area contributed by atoms with Crippen LogP contribution in [-0.2, 0) is 23.2 Å². The van der Waals surface area contributed by atoms with Crippen molar-refractivity contribution < 1.29 is 22.5 Å². The summed E-state index contributed by atoms with van der Waals surface area (Å²) < 4.78 is 60.4. The van der Waals surface area contributed by atoms with Gasteiger partial charge in [0.2, 0.25) is 5.88 Å². The van der Waals surface area contributed by atoms with Crippen molar-refractivity contribution in [3.05, 3.63) is 35.9 Å². The molecular weight excluding hydrogens is 554 g/mol. The first kappa shape index (κ1) is 28.1. The molecule has 4 aliphatic carbocycles. The lowest BCUT2D eigenvalue weighted by Gasteiger charge is -2.53. The number of methoxy groups -OCH3 is 1. The van der Waals surface area contributed by atoms with E-state index >= 15 is 0 Å². The van der Waals surface area contributed by atoms with E-state index in [-0.39, 0.29) is 10.8 Å². The van der Waals surface area contributed by atoms with Crippen molar-refractivity contribution in [2.75, 3.05) is 32.3 Å². The predicted octanol–water partition coefficient (Wildman–Crippen LogP) is 5.52. The van der Waals surface area contributed by atoms with E-state index < -0.39 is 19.0 Å². The summed E-state index contributed by atoms with van der Waals surface area (Å²) in [6, 6.07) is 0. The second-order valence-corrected chi connectivity index (χ2v) is 15.6. The quantitative estimate of drug-likeness (QED) is 0.342. The van der Waals surface area contributed by atoms with Crippen LogP contribution in [0.15, 0.2) is 18.7 Å². The molecule has 0 aliphatic heterocycles. The summed E-state index contributed by atoms with van der Waals surface area (Å²) >= 11 is 0. The van der Waals surface area contributed by atoms with Crippen LogP contribution in [0.25, 0.3) is 11.4 Å². The van der Waals surface area contributed by atoms with E-state index in [0.29, 0.717) is 46.7 Å². The van der Waals surface area contributed by atoms with E-state index in [0.717, 1.165) is 63.3 Å². The molecule has 3 heterocycles. The number of imidazole rings is 1. The highest BCUT2D eigenvalue weighted by molar-refractivity contribution is 7.70. The third kappa shape index (κ3) is 5.13. The van der Waals surface area contributed by atoms with Crippen LogP contribution < -0.4 is 15.4 Å². The molecule has 4 fully saturated rings. The maximum absolute atomic E-state index is 13.3. The molecule has 4 aliphatic rings. The van der Waals surface area contributed by atoms with Crippen LogP contribution in [0.4, 0.5) is 19.0 Å². The monoisotopic (exact) mass is 589 g/mol. The minimum Gasteiger partial charge on any atom is -0.480 e. The molecule has 4 saturated carbocycles. The van der Waals surface area contributed by atoms with Crippen LogP contribution in [0, 0.1) is 5.41 Å². The standard InChI is InChI=1S/C28H35F3N7O2P/c1-38-14-19(28(29,30)31)36-25(38)27-10-7-26(8-11-27,9-12-27)15-33-22-18(41(3,4)39)13-32-23(37-22)20-21(17-5-6-17)34-16-35-24(20)40-2/h13-14,16-17H,5-12,15H2,1-4H3,(H,32,33,37). The Hall–Kier alpha value is -3.01. The fourth-order valence-corrected chi connectivity index (χ4v) is 7.64. The number of ether oxygens (including phenoxy) is 1. The maximum Gasteiger partial charge on any atom is 0.434 e. The third-order valence-corrected chi connectivity index (χ3v) is 10.7. The van der Waals surface area contributed by atoms with Crippen LogP contribution in [0.3, 0.4) is 0 Å². The molecule has 0 atom stereocenters. The summed E-state index contributed by atoms with van der Waals surface area (Å²) in [5, 5.41) is 4.11. The fraction of sp³-hybridized carbons (Fsp3) is 0.607. The zero-order valence-corrected chi connectivity index (χ0v) is 24.6. The number of alkyl halides is 3. The molecule has 0 unspecified atom stereocenters. The molecule has 220 valence electrons. The normalized spacial score (nSPS) is 24.5. The molecule has 0 amide bonds. The number of anilines is 1. The van der Waals surface area contributed by atoms with E-state index in [1.54, 1.807) is 38.3 Å². The van der Waals surface area contributed by atoms with Gasteiger partial charge >= 0.3 is 6.18 Å². The Morgan fingerprint density at radius 2 is 1.76 bits per heavy atom. The smallest absolute Gasteiger partial charge is 0.434 e. The Kier molecular flexibility index (Phi) is 6.71. The Labute approximate surface area is 237 Å². The first-order chi connectivity index (χ1) is 19.3. The molecule has 0 aromatic carbocycles. The number of halogens is 3. The van der Waals surface area contributed by atoms with Gasteiger partial charge in [-0.2, -0.15) is 13.2 Å². The lowest BCUT2D eigenvalue weighted by Crippen LogP contribution is -2.48. The average molecular weight is 590 g/mol. The molecule has 1 N–H and O–H groups in total. The van der Waals surface area contributed by atoms with E-state index in [2.05, 4.69) is 25.3 Å². The van der Waals surface area contributed by atoms with E-state index in [4.69, 9.17) is 9.72 Å². The summed E-state index contributed by atoms with van der Waals surface area (Å²) in [4.78, 5) is 22.3. The molecular formula is C28H35F3N7O2P. The highest BCUT2D eigenvalue weighted by Gasteiger charge is 2.52. The second kappa shape index (κ2) is 9.78. The van der Waals surface area contributed by atoms with Gasteiger partial charge in [0.1, 0.15) is 30.7 Å². The second-order valence-electron chi connectivity index (χ2n) is 12.4. The summed E-state index contributed by atoms with van der Waals surface area (Å²) in [6.45, 7) is 4.03. The SMILES string of the molecule is COc1ncnc(C2CC2)c1-c1ncc(P(C)(C)=O)c(NCC23CCC(c4nc(C(F)(F)F)cn4C)(CC2)CC3)n1. The van der Waals surface area contributed by atoms with Gasteiger partial charge in [-0.3, -0.25) is 0 Å². The van der Waals surface area contributed by atoms with Crippen LogP contribution in [0.1, 0.15) is 74.5 Å². The number of nitrogens with zero attached hydrogens (tertiary/aromatic N) is 6. The average Bonchev–Trinajstić information content (AvgIpc) is 3.71. The molecule has 13 heteroatoms. The number of rotatable bonds is 8. The van der Waals surface area contributed by atoms with Gasteiger partial charge in [0, 0.05) is 37.3 Å². The van der Waals surface area contributed by atoms with Crippen LogP contribution in [0.5, 0.6) is 5.88 Å². The topological polar surface area (TPSA) is 108 Å². The van der Waals surface area contributed by atoms with Crippen molar-refractivity contribution in [1.29, 1.82) is 0 Å². The number of aryl methyl sites for hydroxylation is 1. The van der Waals surface area contributed by atoms with Gasteiger partial charge < -0.3 is 19.2 Å². The highest BCUT2D eigenvalue weighted by atomic mass is 31.2. The zero-order valence-electron chi connectivity index (χ0n) is 23.8. The third-order valence-electron chi connectivity index (χ3n) is 9.25. The minimum absolute atomic E-state index is 0.0274. The number of aromatic nitrogens is 6. The van der Waals surface area contributed by atoms with Gasteiger partial charge in [-0.05, 0) is 70.1 Å². The van der Waals surface area contributed by atoms with Gasteiger partial charge in [-0.25, -0.2) is 24.9 Å². The molecule has 2 bridgehead atoms. The molecule has 41 heavy (non-hydrogen) atoms. The molecule has 0 saturated heterocycles. The number of hydrogen-bond acceptors (Lipinski definition) is 8. The number of hydrogen-bond donors (Lipinski definition) is 1. The molecule has 7 rings (SSSR count). The summed E-state index contributed by atoms with van der Waals surface area (Å²) in [7, 11) is 0.503. The molecule has 3 aromatic rings. The molecule has 0 radical (unpaired) electrons. The van der Waals surface area contributed by atoms with Gasteiger partial charge in [0.25, 0.3) is 0 Å². The van der Waals surface area contributed by atoms with Crippen molar-refractivity contribution >= 4 is 18.3 Å². The van der Waals surface area contributed by atoms with Crippen molar-refractivity contribution in [3.63, 3.8) is 0 Å². The summed E-state index contributed by atoms with van der Waals surface area (Å²) in [5.74, 6) is 2.24. The van der Waals surface area contributed by atoms with Gasteiger partial charge in [0.15, 0.2) is 11.5 Å². The van der Waals surface area contributed by atoms with Crippen molar-refractivity contribution in [2.24, 2.45) is 12.5 Å². The van der Waals surface area contributed by atoms with E-state index in [1.807, 2.05) is 0 Å². The van der Waals surface area contributed by atoms with Crippen molar-refractivity contribution in [1.82, 2.24) is 29.5 Å². The Morgan fingerprint density at radius 1 is 1.07 bits per heavy atom. The zero-order chi connectivity index (χ0) is 29.2. The van der Waals surface area contributed by atoms with Crippen LogP contribution >= 0.6 is 7.14 Å². The van der Waals surface area contributed by atoms with Crippen molar-refractivity contribution in [3.8, 4) is 17.3 Å². The summed E-state index contributed by atoms with van der Waals surface area (Å²) in [5.41, 5.74) is 0.346. The predicted molar refractivity (Wildman–Crippen MR) is 149 cm³/mol. The van der Waals surface area contributed by atoms with Gasteiger partial charge in [0.05, 0.1) is 18.1 Å². The van der Waals surface area contributed by atoms with E-state index in [9.17, 15) is 17.7 Å². The fourth-order valence-electron chi connectivity index (χ4n) is 6.66. The number of nitrogens with one attached hydrogen (secondary N) is 1. The van der Waals surface area contributed by atoms with Gasteiger partial charge in [-0.15, -0.1) is 0 Å². The lowest BCUT2D eigenvalue weighted by atomic mass is 9.53. The molecule has 9 nitrogen and oxygen atoms in total. The van der Waals surface area contributed by atoms with Crippen LogP contribution in [0.2, 0.25) is 0 Å². The van der Waals surface area contributed by atoms with Crippen LogP contribution in [-0.4, -0.2) is 56.5 Å². The molecule has 3 aromatic heterocycles. The van der Waals surface area contributed by atoms with Crippen molar-refractivity contribution in [2.45, 2.75) is 68.9 Å². The Morgan fingerprint density at radius 3 is 2.32 bits per heavy atom. The molecule has 0 spiro atoms. The highest BCUT2D eigenvalue weighted by Crippen LogP contribution is 2.57. The largest absolute Gasteiger partial charge is 0.480 e. The van der Waals surface area contributed by atoms with E-state index in [1.165, 1.54) is 6.33 Å². The first-order valence-corrected chi connectivity index (χ1v) is 16.6. The van der Waals surface area contributed by atoms with Gasteiger partial charge in [-0.1, -0.05) is 0 Å². The number of fused-ring (bicyclic) bond motifs is 3. The Balaban J connectivity index is 1.26. The first-order valence-electron chi connectivity index (χ1n) is 14.0. The maximum atomic E-state index is 13.3.